The van der Waals surface area contributed by atoms with Crippen molar-refractivity contribution in [2.24, 2.45) is 0 Å². The zero-order chi connectivity index (χ0) is 57.7. The van der Waals surface area contributed by atoms with Crippen molar-refractivity contribution >= 4 is 19.8 Å². The average Bonchev–Trinajstić information content (AvgIpc) is 3.41. The van der Waals surface area contributed by atoms with E-state index in [0.717, 1.165) is 77.0 Å². The molecule has 0 fully saturated rings. The highest BCUT2D eigenvalue weighted by Crippen LogP contribution is 2.38. The molecule has 0 amide bonds. The van der Waals surface area contributed by atoms with Gasteiger partial charge >= 0.3 is 11.9 Å². The lowest BCUT2D eigenvalue weighted by Gasteiger charge is -2.28. The van der Waals surface area contributed by atoms with Crippen LogP contribution in [0.4, 0.5) is 0 Å². The third-order valence-electron chi connectivity index (χ3n) is 14.8. The number of rotatable bonds is 62. The van der Waals surface area contributed by atoms with Gasteiger partial charge in [-0.2, -0.15) is 0 Å². The highest BCUT2D eigenvalue weighted by Gasteiger charge is 2.22. The van der Waals surface area contributed by atoms with Crippen molar-refractivity contribution in [3.05, 3.63) is 60.8 Å². The van der Waals surface area contributed by atoms with Crippen molar-refractivity contribution in [3.8, 4) is 0 Å². The summed E-state index contributed by atoms with van der Waals surface area (Å²) in [4.78, 5) is 37.9. The topological polar surface area (TPSA) is 111 Å². The average molecular weight is 1130 g/mol. The molecule has 2 unspecified atom stereocenters. The minimum Gasteiger partial charge on any atom is -0.756 e. The first kappa shape index (κ1) is 76.7. The van der Waals surface area contributed by atoms with Crippen LogP contribution in [-0.4, -0.2) is 70.0 Å². The number of unbranched alkanes of at least 4 members (excludes halogenated alkanes) is 38. The van der Waals surface area contributed by atoms with Gasteiger partial charge in [0.1, 0.15) is 19.8 Å². The predicted octanol–water partition coefficient (Wildman–Crippen LogP) is 20.8. The van der Waals surface area contributed by atoms with E-state index in [4.69, 9.17) is 18.5 Å². The van der Waals surface area contributed by atoms with E-state index in [2.05, 4.69) is 74.6 Å². The van der Waals surface area contributed by atoms with Crippen LogP contribution in [0.5, 0.6) is 0 Å². The fourth-order valence-electron chi connectivity index (χ4n) is 9.65. The van der Waals surface area contributed by atoms with Gasteiger partial charge in [0.15, 0.2) is 6.10 Å². The lowest BCUT2D eigenvalue weighted by atomic mass is 10.0. The van der Waals surface area contributed by atoms with Crippen molar-refractivity contribution in [2.75, 3.05) is 47.5 Å². The Morgan fingerprint density at radius 3 is 1.09 bits per heavy atom. The number of phosphoric acid groups is 1. The number of likely N-dealkylation sites (N-methyl/N-ethyl adjacent to an activating group) is 1. The Morgan fingerprint density at radius 1 is 0.405 bits per heavy atom. The van der Waals surface area contributed by atoms with Crippen molar-refractivity contribution in [1.82, 2.24) is 0 Å². The fourth-order valence-corrected chi connectivity index (χ4v) is 10.4. The van der Waals surface area contributed by atoms with Crippen molar-refractivity contribution in [2.45, 2.75) is 322 Å². The van der Waals surface area contributed by atoms with Gasteiger partial charge in [-0.3, -0.25) is 14.2 Å². The molecule has 0 aliphatic heterocycles. The van der Waals surface area contributed by atoms with E-state index in [1.807, 2.05) is 21.1 Å². The molecule has 10 heteroatoms. The smallest absolute Gasteiger partial charge is 0.306 e. The molecule has 79 heavy (non-hydrogen) atoms. The second-order valence-corrected chi connectivity index (χ2v) is 25.2. The van der Waals surface area contributed by atoms with Gasteiger partial charge in [0, 0.05) is 12.8 Å². The number of allylic oxidation sites excluding steroid dienone is 10. The highest BCUT2D eigenvalue weighted by molar-refractivity contribution is 7.45. The van der Waals surface area contributed by atoms with Crippen molar-refractivity contribution in [3.63, 3.8) is 0 Å². The van der Waals surface area contributed by atoms with Crippen molar-refractivity contribution in [1.29, 1.82) is 0 Å². The third-order valence-corrected chi connectivity index (χ3v) is 15.7. The van der Waals surface area contributed by atoms with Crippen molar-refractivity contribution < 1.29 is 42.1 Å². The van der Waals surface area contributed by atoms with E-state index in [0.29, 0.717) is 17.4 Å². The summed E-state index contributed by atoms with van der Waals surface area (Å²) in [6.45, 7) is 4.14. The Balaban J connectivity index is 3.85. The fraction of sp³-hybridized carbons (Fsp3) is 0.826. The van der Waals surface area contributed by atoms with E-state index in [1.54, 1.807) is 0 Å². The molecule has 0 aliphatic carbocycles. The summed E-state index contributed by atoms with van der Waals surface area (Å²) in [6, 6.07) is 0. The molecule has 0 aliphatic rings. The van der Waals surface area contributed by atoms with Gasteiger partial charge in [-0.15, -0.1) is 0 Å². The van der Waals surface area contributed by atoms with E-state index >= 15 is 0 Å². The molecular weight excluding hydrogens is 1000 g/mol. The van der Waals surface area contributed by atoms with Gasteiger partial charge in [-0.25, -0.2) is 0 Å². The zero-order valence-electron chi connectivity index (χ0n) is 52.6. The number of quaternary nitrogens is 1. The summed E-state index contributed by atoms with van der Waals surface area (Å²) in [6.07, 6.45) is 79.0. The van der Waals surface area contributed by atoms with E-state index in [9.17, 15) is 19.0 Å². The number of nitrogens with zero attached hydrogens (tertiary/aromatic N) is 1. The van der Waals surface area contributed by atoms with Gasteiger partial charge in [-0.05, 0) is 77.0 Å². The maximum absolute atomic E-state index is 12.8. The Kier molecular flexibility index (Phi) is 58.6. The largest absolute Gasteiger partial charge is 0.756 e. The maximum atomic E-state index is 12.8. The third kappa shape index (κ3) is 64.7. The molecular formula is C69H128NO8P. The Morgan fingerprint density at radius 2 is 0.722 bits per heavy atom. The highest BCUT2D eigenvalue weighted by atomic mass is 31.2. The van der Waals surface area contributed by atoms with Gasteiger partial charge in [0.2, 0.25) is 0 Å². The molecule has 0 aromatic carbocycles. The molecule has 9 nitrogen and oxygen atoms in total. The van der Waals surface area contributed by atoms with Crippen LogP contribution in [0.25, 0.3) is 0 Å². The number of carbonyl (C=O) groups excluding carboxylic acids is 2. The van der Waals surface area contributed by atoms with Gasteiger partial charge in [-0.1, -0.05) is 286 Å². The molecule has 0 aromatic heterocycles. The lowest BCUT2D eigenvalue weighted by Crippen LogP contribution is -2.37. The summed E-state index contributed by atoms with van der Waals surface area (Å²) in [5.41, 5.74) is 0. The van der Waals surface area contributed by atoms with Crippen LogP contribution in [0.15, 0.2) is 60.8 Å². The molecule has 0 radical (unpaired) electrons. The van der Waals surface area contributed by atoms with Crippen LogP contribution in [-0.2, 0) is 32.7 Å². The Labute approximate surface area is 489 Å². The summed E-state index contributed by atoms with van der Waals surface area (Å²) >= 11 is 0. The standard InChI is InChI=1S/C69H128NO8P/c1-6-8-10-12-14-16-18-20-22-23-24-25-26-27-28-29-30-31-32-33-34-35-36-37-38-39-40-41-42-43-44-45-46-47-48-50-52-54-56-58-60-62-69(72)78-67(66-77-79(73,74)76-64-63-70(3,4)5)65-75-68(71)61-59-57-55-53-51-49-21-19-17-15-13-11-9-7-2/h8,10,14,16,19-22,24-25,67H,6-7,9,11-13,15,17-18,23,26-66H2,1-5H3/b10-8-,16-14-,21-19-,22-20-,25-24-. The number of hydrogen-bond donors (Lipinski definition) is 0. The minimum absolute atomic E-state index is 0.0305. The zero-order valence-corrected chi connectivity index (χ0v) is 53.5. The number of hydrogen-bond acceptors (Lipinski definition) is 8. The first-order valence-corrected chi connectivity index (χ1v) is 35.0. The Bertz CT molecular complexity index is 1520. The quantitative estimate of drug-likeness (QED) is 0.0195. The maximum Gasteiger partial charge on any atom is 0.306 e. The molecule has 0 N–H and O–H groups in total. The summed E-state index contributed by atoms with van der Waals surface area (Å²) in [5, 5.41) is 0. The molecule has 2 atom stereocenters. The molecule has 0 saturated heterocycles. The molecule has 0 aromatic rings. The lowest BCUT2D eigenvalue weighted by molar-refractivity contribution is -0.870. The number of phosphoric ester groups is 1. The molecule has 0 heterocycles. The molecule has 0 rings (SSSR count). The first-order chi connectivity index (χ1) is 38.5. The van der Waals surface area contributed by atoms with Crippen LogP contribution in [0.3, 0.4) is 0 Å². The van der Waals surface area contributed by atoms with E-state index in [1.165, 1.54) is 205 Å². The van der Waals surface area contributed by atoms with Crippen LogP contribution in [0.1, 0.15) is 316 Å². The minimum atomic E-state index is -4.64. The number of carbonyl (C=O) groups is 2. The first-order valence-electron chi connectivity index (χ1n) is 33.5. The predicted molar refractivity (Wildman–Crippen MR) is 337 cm³/mol. The summed E-state index contributed by atoms with van der Waals surface area (Å²) in [7, 11) is 1.17. The molecule has 0 saturated carbocycles. The number of esters is 2. The SMILES string of the molecule is CC/C=C\C/C=C\C/C=C\C/C=C\CCCCCCCCCCCCCCCCCCCCCCCCCCCCCCC(=O)OC(COC(=O)CCCCCCC/C=C\CCCCCCC)COP(=O)([O-])OCC[N+](C)(C)C. The molecule has 462 valence electrons. The summed E-state index contributed by atoms with van der Waals surface area (Å²) in [5.74, 6) is -0.830. The van der Waals surface area contributed by atoms with E-state index < -0.39 is 26.5 Å². The van der Waals surface area contributed by atoms with Gasteiger partial charge in [0.05, 0.1) is 27.7 Å². The second kappa shape index (κ2) is 60.3. The van der Waals surface area contributed by atoms with Crippen LogP contribution >= 0.6 is 7.82 Å². The normalized spacial score (nSPS) is 13.5. The van der Waals surface area contributed by atoms with Crippen LogP contribution < -0.4 is 4.89 Å². The number of ether oxygens (including phenoxy) is 2. The molecule has 0 spiro atoms. The van der Waals surface area contributed by atoms with Crippen LogP contribution in [0.2, 0.25) is 0 Å². The van der Waals surface area contributed by atoms with Gasteiger partial charge in [0.25, 0.3) is 7.82 Å². The van der Waals surface area contributed by atoms with Gasteiger partial charge < -0.3 is 27.9 Å². The van der Waals surface area contributed by atoms with Crippen LogP contribution in [0, 0.1) is 0 Å². The second-order valence-electron chi connectivity index (χ2n) is 23.8. The van der Waals surface area contributed by atoms with E-state index in [-0.39, 0.29) is 32.0 Å². The molecule has 0 bridgehead atoms. The monoisotopic (exact) mass is 1130 g/mol. The Hall–Kier alpha value is -2.29. The summed E-state index contributed by atoms with van der Waals surface area (Å²) < 4.78 is 34.2.